The van der Waals surface area contributed by atoms with E-state index in [1.807, 2.05) is 62.4 Å². The van der Waals surface area contributed by atoms with Crippen molar-refractivity contribution in [2.24, 2.45) is 0 Å². The van der Waals surface area contributed by atoms with Crippen LogP contribution in [0.1, 0.15) is 22.3 Å². The van der Waals surface area contributed by atoms with E-state index in [-0.39, 0.29) is 0 Å². The van der Waals surface area contributed by atoms with Gasteiger partial charge in [-0.05, 0) is 0 Å². The topological polar surface area (TPSA) is 27.7 Å². The summed E-state index contributed by atoms with van der Waals surface area (Å²) in [6.07, 6.45) is 0. The van der Waals surface area contributed by atoms with Gasteiger partial charge < -0.3 is 0 Å². The van der Waals surface area contributed by atoms with Gasteiger partial charge in [0.15, 0.2) is 0 Å². The maximum atomic E-state index is 7.15. The zero-order valence-electron chi connectivity index (χ0n) is 29.6. The quantitative estimate of drug-likeness (QED) is 0.101. The molecule has 3 nitrogen and oxygen atoms in total. The molecular formula is C46H42BO3P. The Balaban J connectivity index is 1.59. The summed E-state index contributed by atoms with van der Waals surface area (Å²) < 4.78 is 20.3. The van der Waals surface area contributed by atoms with E-state index in [0.717, 1.165) is 22.0 Å². The fraction of sp³-hybridized carbons (Fsp3) is 0.0870. The van der Waals surface area contributed by atoms with Gasteiger partial charge in [-0.15, -0.1) is 0 Å². The Morgan fingerprint density at radius 3 is 1.24 bits per heavy atom. The first-order valence-corrected chi connectivity index (χ1v) is 19.6. The van der Waals surface area contributed by atoms with Gasteiger partial charge in [-0.2, -0.15) is 0 Å². The van der Waals surface area contributed by atoms with Gasteiger partial charge in [-0.3, -0.25) is 0 Å². The fourth-order valence-electron chi connectivity index (χ4n) is 7.57. The van der Waals surface area contributed by atoms with Gasteiger partial charge in [0.1, 0.15) is 0 Å². The summed E-state index contributed by atoms with van der Waals surface area (Å²) in [5.74, 6) is 2.01. The molecule has 0 saturated heterocycles. The first-order chi connectivity index (χ1) is 24.9. The molecule has 7 aromatic carbocycles. The second-order valence-corrected chi connectivity index (χ2v) is 17.9. The monoisotopic (exact) mass is 684 g/mol. The molecule has 0 aromatic heterocycles. The van der Waals surface area contributed by atoms with Crippen molar-refractivity contribution in [1.82, 2.24) is 0 Å². The molecule has 0 amide bonds. The normalized spacial score (nSPS) is 12.0. The molecule has 0 radical (unpaired) electrons. The van der Waals surface area contributed by atoms with E-state index in [4.69, 9.17) is 14.0 Å². The van der Waals surface area contributed by atoms with Gasteiger partial charge in [-0.25, -0.2) is 0 Å². The van der Waals surface area contributed by atoms with Gasteiger partial charge in [0.25, 0.3) is 0 Å². The van der Waals surface area contributed by atoms with Gasteiger partial charge >= 0.3 is 304 Å². The Morgan fingerprint density at radius 1 is 0.373 bits per heavy atom. The summed E-state index contributed by atoms with van der Waals surface area (Å²) in [6, 6.07) is 64.3. The first kappa shape index (κ1) is 33.9. The molecule has 0 saturated carbocycles. The van der Waals surface area contributed by atoms with Crippen molar-refractivity contribution in [3.8, 4) is 17.2 Å². The van der Waals surface area contributed by atoms with E-state index in [1.54, 1.807) is 0 Å². The molecule has 0 N–H and O–H groups in total. The number of benzene rings is 7. The number of hydrogen-bond donors (Lipinski definition) is 0. The third kappa shape index (κ3) is 6.11. The van der Waals surface area contributed by atoms with Crippen LogP contribution in [0.2, 0.25) is 0 Å². The van der Waals surface area contributed by atoms with Crippen LogP contribution < -0.4 is 40.5 Å². The standard InChI is InChI=1S/C46H42BO3P/c1-35-18-14-22-39(32-35)48-47(49-40-23-15-19-36(2)33-40)50-45-31-17-21-38(4)46(45)51(41-24-8-5-9-25-41,42-26-10-6-11-27-42,43-28-12-7-13-29-43)44-30-16-20-37(3)34-44/h5-34H,1-4H3. The molecule has 0 spiro atoms. The van der Waals surface area contributed by atoms with Crippen LogP contribution in [0.5, 0.6) is 17.2 Å². The Morgan fingerprint density at radius 2 is 0.784 bits per heavy atom. The van der Waals surface area contributed by atoms with Crippen molar-refractivity contribution in [2.75, 3.05) is 0 Å². The SMILES string of the molecule is Cc1cccc(OB(Oc2cccc(C)c2)Oc2cccc(C)c2P(c2ccccc2)(c2ccccc2)(c2ccccc2)c2cccc(C)c2)c1. The Labute approximate surface area is 302 Å². The van der Waals surface area contributed by atoms with E-state index in [0.29, 0.717) is 17.2 Å². The third-order valence-electron chi connectivity index (χ3n) is 9.65. The number of aryl methyl sites for hydroxylation is 4. The van der Waals surface area contributed by atoms with Gasteiger partial charge in [0.2, 0.25) is 0 Å². The minimum absolute atomic E-state index is 0.659. The average molecular weight is 685 g/mol. The third-order valence-corrected chi connectivity index (χ3v) is 16.4. The summed E-state index contributed by atoms with van der Waals surface area (Å²) >= 11 is 0. The van der Waals surface area contributed by atoms with Crippen molar-refractivity contribution in [3.63, 3.8) is 0 Å². The predicted molar refractivity (Wildman–Crippen MR) is 217 cm³/mol. The summed E-state index contributed by atoms with van der Waals surface area (Å²) in [5.41, 5.74) is 4.45. The summed E-state index contributed by atoms with van der Waals surface area (Å²) in [6.45, 7) is 4.57. The average Bonchev–Trinajstić information content (AvgIpc) is 3.14. The second-order valence-electron chi connectivity index (χ2n) is 13.2. The molecular weight excluding hydrogens is 642 g/mol. The van der Waals surface area contributed by atoms with E-state index >= 15 is 0 Å². The Kier molecular flexibility index (Phi) is 9.54. The van der Waals surface area contributed by atoms with E-state index in [2.05, 4.69) is 147 Å². The Hall–Kier alpha value is -5.57. The van der Waals surface area contributed by atoms with E-state index in [1.165, 1.54) is 26.8 Å². The van der Waals surface area contributed by atoms with Crippen LogP contribution in [0.4, 0.5) is 0 Å². The minimum atomic E-state index is -3.91. The van der Waals surface area contributed by atoms with Crippen LogP contribution in [0.25, 0.3) is 0 Å². The van der Waals surface area contributed by atoms with Crippen LogP contribution >= 0.6 is 6.60 Å². The zero-order valence-corrected chi connectivity index (χ0v) is 30.5. The molecule has 0 aliphatic rings. The molecule has 0 atom stereocenters. The van der Waals surface area contributed by atoms with Crippen molar-refractivity contribution >= 4 is 40.4 Å². The van der Waals surface area contributed by atoms with Crippen LogP contribution in [-0.2, 0) is 0 Å². The molecule has 0 aliphatic carbocycles. The van der Waals surface area contributed by atoms with Crippen molar-refractivity contribution in [2.45, 2.75) is 27.7 Å². The molecule has 0 fully saturated rings. The molecule has 0 heterocycles. The molecule has 7 rings (SSSR count). The van der Waals surface area contributed by atoms with Crippen LogP contribution in [0, 0.1) is 27.7 Å². The van der Waals surface area contributed by atoms with Crippen molar-refractivity contribution in [3.05, 3.63) is 204 Å². The van der Waals surface area contributed by atoms with Crippen LogP contribution in [0.3, 0.4) is 0 Å². The van der Waals surface area contributed by atoms with E-state index < -0.39 is 13.9 Å². The van der Waals surface area contributed by atoms with Gasteiger partial charge in [0, 0.05) is 0 Å². The molecule has 0 unspecified atom stereocenters. The predicted octanol–water partition coefficient (Wildman–Crippen LogP) is 8.92. The van der Waals surface area contributed by atoms with Crippen molar-refractivity contribution < 1.29 is 14.0 Å². The summed E-state index contributed by atoms with van der Waals surface area (Å²) in [7, 11) is -1.10. The second kappa shape index (κ2) is 14.3. The van der Waals surface area contributed by atoms with Gasteiger partial charge in [0.05, 0.1) is 0 Å². The molecule has 51 heavy (non-hydrogen) atoms. The molecule has 5 heteroatoms. The zero-order chi connectivity index (χ0) is 35.3. The van der Waals surface area contributed by atoms with Gasteiger partial charge in [-0.1, -0.05) is 0 Å². The summed E-state index contributed by atoms with van der Waals surface area (Å²) in [4.78, 5) is 0. The maximum absolute atomic E-state index is 7.15. The molecule has 7 aromatic rings. The molecule has 0 bridgehead atoms. The van der Waals surface area contributed by atoms with Crippen molar-refractivity contribution in [1.29, 1.82) is 0 Å². The molecule has 0 aliphatic heterocycles. The van der Waals surface area contributed by atoms with Crippen LogP contribution in [-0.4, -0.2) is 7.32 Å². The first-order valence-electron chi connectivity index (χ1n) is 17.4. The van der Waals surface area contributed by atoms with Crippen LogP contribution in [0.15, 0.2) is 182 Å². The fourth-order valence-corrected chi connectivity index (χ4v) is 14.9. The summed E-state index contributed by atoms with van der Waals surface area (Å²) in [5, 5.41) is 5.95. The Bertz CT molecular complexity index is 2110. The number of hydrogen-bond acceptors (Lipinski definition) is 3. The van der Waals surface area contributed by atoms with E-state index in [9.17, 15) is 0 Å². The molecule has 252 valence electrons. The number of rotatable bonds is 11.